The van der Waals surface area contributed by atoms with Crippen molar-refractivity contribution in [2.75, 3.05) is 0 Å². The average molecular weight is 289 g/mol. The maximum atomic E-state index is 5.96. The van der Waals surface area contributed by atoms with Gasteiger partial charge in [0.05, 0.1) is 6.10 Å². The minimum atomic E-state index is 0.216. The molecule has 2 rings (SSSR count). The summed E-state index contributed by atoms with van der Waals surface area (Å²) in [7, 11) is 0. The molecule has 4 atom stereocenters. The third kappa shape index (κ3) is 4.47. The Bertz CT molecular complexity index is 443. The second-order valence-electron chi connectivity index (χ2n) is 7.09. The molecule has 1 fully saturated rings. The lowest BCUT2D eigenvalue weighted by atomic mass is 9.79. The van der Waals surface area contributed by atoms with E-state index >= 15 is 0 Å². The fourth-order valence-electron chi connectivity index (χ4n) is 3.52. The summed E-state index contributed by atoms with van der Waals surface area (Å²) in [5.41, 5.74) is 1.28. The van der Waals surface area contributed by atoms with Crippen LogP contribution >= 0.6 is 0 Å². The SMILES string of the molecule is CC1CCC(NC(C)c2ccccc2OC(C)C)C(C)C1. The van der Waals surface area contributed by atoms with Gasteiger partial charge in [0.15, 0.2) is 0 Å². The van der Waals surface area contributed by atoms with Crippen molar-refractivity contribution in [3.05, 3.63) is 29.8 Å². The van der Waals surface area contributed by atoms with Crippen LogP contribution in [0.5, 0.6) is 5.75 Å². The molecule has 0 radical (unpaired) electrons. The third-order valence-electron chi connectivity index (χ3n) is 4.64. The summed E-state index contributed by atoms with van der Waals surface area (Å²) < 4.78 is 5.96. The molecule has 0 bridgehead atoms. The Kier molecular flexibility index (Phi) is 5.69. The summed E-state index contributed by atoms with van der Waals surface area (Å²) >= 11 is 0. The molecule has 1 aromatic carbocycles. The van der Waals surface area contributed by atoms with Crippen molar-refractivity contribution in [1.82, 2.24) is 5.32 Å². The standard InChI is InChI=1S/C19H31NO/c1-13(2)21-19-9-7-6-8-17(19)16(5)20-18-11-10-14(3)12-15(18)4/h6-9,13-16,18,20H,10-12H2,1-5H3. The maximum Gasteiger partial charge on any atom is 0.124 e. The highest BCUT2D eigenvalue weighted by atomic mass is 16.5. The fourth-order valence-corrected chi connectivity index (χ4v) is 3.52. The summed E-state index contributed by atoms with van der Waals surface area (Å²) in [5, 5.41) is 3.84. The van der Waals surface area contributed by atoms with E-state index < -0.39 is 0 Å². The van der Waals surface area contributed by atoms with E-state index in [-0.39, 0.29) is 6.10 Å². The lowest BCUT2D eigenvalue weighted by Gasteiger charge is -2.35. The second-order valence-corrected chi connectivity index (χ2v) is 7.09. The Morgan fingerprint density at radius 1 is 1.10 bits per heavy atom. The largest absolute Gasteiger partial charge is 0.491 e. The lowest BCUT2D eigenvalue weighted by Crippen LogP contribution is -2.40. The van der Waals surface area contributed by atoms with E-state index in [1.807, 2.05) is 0 Å². The summed E-state index contributed by atoms with van der Waals surface area (Å²) in [4.78, 5) is 0. The van der Waals surface area contributed by atoms with Crippen LogP contribution in [0.1, 0.15) is 65.5 Å². The van der Waals surface area contributed by atoms with Gasteiger partial charge >= 0.3 is 0 Å². The van der Waals surface area contributed by atoms with Gasteiger partial charge in [-0.3, -0.25) is 0 Å². The molecule has 1 aliphatic carbocycles. The number of rotatable bonds is 5. The first kappa shape index (κ1) is 16.4. The van der Waals surface area contributed by atoms with Crippen LogP contribution in [0.25, 0.3) is 0 Å². The molecule has 1 aliphatic rings. The molecule has 1 N–H and O–H groups in total. The maximum absolute atomic E-state index is 5.96. The first-order valence-corrected chi connectivity index (χ1v) is 8.49. The average Bonchev–Trinajstić information content (AvgIpc) is 2.42. The monoisotopic (exact) mass is 289 g/mol. The second kappa shape index (κ2) is 7.31. The minimum absolute atomic E-state index is 0.216. The first-order valence-electron chi connectivity index (χ1n) is 8.49. The van der Waals surface area contributed by atoms with Crippen molar-refractivity contribution in [1.29, 1.82) is 0 Å². The molecule has 21 heavy (non-hydrogen) atoms. The summed E-state index contributed by atoms with van der Waals surface area (Å²) in [6, 6.07) is 9.39. The van der Waals surface area contributed by atoms with E-state index in [0.717, 1.165) is 17.6 Å². The predicted octanol–water partition coefficient (Wildman–Crippen LogP) is 4.95. The normalized spacial score (nSPS) is 27.6. The van der Waals surface area contributed by atoms with Crippen molar-refractivity contribution < 1.29 is 4.74 Å². The van der Waals surface area contributed by atoms with Crippen LogP contribution in [0.2, 0.25) is 0 Å². The minimum Gasteiger partial charge on any atom is -0.491 e. The van der Waals surface area contributed by atoms with Gasteiger partial charge in [-0.15, -0.1) is 0 Å². The first-order chi connectivity index (χ1) is 9.97. The van der Waals surface area contributed by atoms with Crippen LogP contribution in [0.3, 0.4) is 0 Å². The van der Waals surface area contributed by atoms with Gasteiger partial charge in [-0.2, -0.15) is 0 Å². The number of hydrogen-bond donors (Lipinski definition) is 1. The van der Waals surface area contributed by atoms with Crippen molar-refractivity contribution in [2.45, 2.75) is 72.1 Å². The van der Waals surface area contributed by atoms with E-state index in [0.29, 0.717) is 12.1 Å². The zero-order chi connectivity index (χ0) is 15.4. The van der Waals surface area contributed by atoms with Crippen molar-refractivity contribution >= 4 is 0 Å². The molecule has 0 saturated heterocycles. The third-order valence-corrected chi connectivity index (χ3v) is 4.64. The fraction of sp³-hybridized carbons (Fsp3) is 0.684. The Hall–Kier alpha value is -1.02. The van der Waals surface area contributed by atoms with E-state index in [9.17, 15) is 0 Å². The zero-order valence-corrected chi connectivity index (χ0v) is 14.2. The van der Waals surface area contributed by atoms with Gasteiger partial charge in [0.1, 0.15) is 5.75 Å². The highest BCUT2D eigenvalue weighted by Gasteiger charge is 2.27. The molecule has 0 aromatic heterocycles. The summed E-state index contributed by atoms with van der Waals surface area (Å²) in [6.07, 6.45) is 4.19. The Labute approximate surface area is 130 Å². The summed E-state index contributed by atoms with van der Waals surface area (Å²) in [6.45, 7) is 11.2. The van der Waals surface area contributed by atoms with Gasteiger partial charge in [-0.25, -0.2) is 0 Å². The van der Waals surface area contributed by atoms with Crippen molar-refractivity contribution in [3.63, 3.8) is 0 Å². The Morgan fingerprint density at radius 2 is 1.81 bits per heavy atom. The molecule has 2 heteroatoms. The van der Waals surface area contributed by atoms with E-state index in [2.05, 4.69) is 64.2 Å². The molecular formula is C19H31NO. The number of hydrogen-bond acceptors (Lipinski definition) is 2. The van der Waals surface area contributed by atoms with E-state index in [1.54, 1.807) is 0 Å². The number of ether oxygens (including phenoxy) is 1. The molecule has 1 aromatic rings. The highest BCUT2D eigenvalue weighted by molar-refractivity contribution is 5.35. The molecule has 1 saturated carbocycles. The zero-order valence-electron chi connectivity index (χ0n) is 14.2. The number of nitrogens with one attached hydrogen (secondary N) is 1. The van der Waals surface area contributed by atoms with Gasteiger partial charge in [-0.1, -0.05) is 32.0 Å². The topological polar surface area (TPSA) is 21.3 Å². The number of para-hydroxylation sites is 1. The molecule has 0 aliphatic heterocycles. The van der Waals surface area contributed by atoms with Crippen LogP contribution in [-0.4, -0.2) is 12.1 Å². The molecular weight excluding hydrogens is 258 g/mol. The highest BCUT2D eigenvalue weighted by Crippen LogP contribution is 2.32. The summed E-state index contributed by atoms with van der Waals surface area (Å²) in [5.74, 6) is 2.66. The van der Waals surface area contributed by atoms with Crippen molar-refractivity contribution in [2.24, 2.45) is 11.8 Å². The lowest BCUT2D eigenvalue weighted by molar-refractivity contribution is 0.210. The Morgan fingerprint density at radius 3 is 2.48 bits per heavy atom. The molecule has 0 amide bonds. The van der Waals surface area contributed by atoms with Crippen LogP contribution in [0.4, 0.5) is 0 Å². The van der Waals surface area contributed by atoms with Gasteiger partial charge in [0, 0.05) is 17.6 Å². The van der Waals surface area contributed by atoms with Crippen molar-refractivity contribution in [3.8, 4) is 5.75 Å². The molecule has 0 heterocycles. The molecule has 0 spiro atoms. The molecule has 4 unspecified atom stereocenters. The van der Waals surface area contributed by atoms with Crippen LogP contribution in [0, 0.1) is 11.8 Å². The van der Waals surface area contributed by atoms with Crippen LogP contribution in [0.15, 0.2) is 24.3 Å². The van der Waals surface area contributed by atoms with Crippen LogP contribution in [-0.2, 0) is 0 Å². The Balaban J connectivity index is 2.04. The van der Waals surface area contributed by atoms with E-state index in [1.165, 1.54) is 24.8 Å². The van der Waals surface area contributed by atoms with Crippen LogP contribution < -0.4 is 10.1 Å². The number of benzene rings is 1. The predicted molar refractivity (Wildman–Crippen MR) is 89.7 cm³/mol. The van der Waals surface area contributed by atoms with E-state index in [4.69, 9.17) is 4.74 Å². The van der Waals surface area contributed by atoms with Gasteiger partial charge in [0.2, 0.25) is 0 Å². The van der Waals surface area contributed by atoms with Gasteiger partial charge < -0.3 is 10.1 Å². The van der Waals surface area contributed by atoms with Gasteiger partial charge in [-0.05, 0) is 57.9 Å². The molecule has 2 nitrogen and oxygen atoms in total. The molecule has 118 valence electrons. The van der Waals surface area contributed by atoms with Gasteiger partial charge in [0.25, 0.3) is 0 Å². The quantitative estimate of drug-likeness (QED) is 0.828. The smallest absolute Gasteiger partial charge is 0.124 e.